The van der Waals surface area contributed by atoms with Gasteiger partial charge < -0.3 is 5.32 Å². The molecule has 0 saturated heterocycles. The number of aryl methyl sites for hydroxylation is 2. The van der Waals surface area contributed by atoms with Gasteiger partial charge in [-0.25, -0.2) is 0 Å². The average molecular weight is 300 g/mol. The Kier molecular flexibility index (Phi) is 4.33. The third kappa shape index (κ3) is 2.57. The third-order valence-corrected chi connectivity index (χ3v) is 4.80. The number of hydrogen-bond donors (Lipinski definition) is 1. The fraction of sp³-hybridized carbons (Fsp3) is 0.286. The predicted octanol–water partition coefficient (Wildman–Crippen LogP) is 4.98. The lowest BCUT2D eigenvalue weighted by atomic mass is 10.0. The van der Waals surface area contributed by atoms with Crippen LogP contribution in [0.2, 0.25) is 10.0 Å². The van der Waals surface area contributed by atoms with Crippen molar-refractivity contribution in [3.05, 3.63) is 55.2 Å². The molecular weight excluding hydrogens is 285 g/mol. The number of hydrogen-bond acceptors (Lipinski definition) is 2. The normalized spacial score (nSPS) is 12.7. The van der Waals surface area contributed by atoms with Crippen molar-refractivity contribution < 1.29 is 0 Å². The Morgan fingerprint density at radius 1 is 1.17 bits per heavy atom. The first-order chi connectivity index (χ1) is 8.54. The van der Waals surface area contributed by atoms with Crippen LogP contribution >= 0.6 is 34.5 Å². The molecule has 4 heteroatoms. The Bertz CT molecular complexity index is 543. The second kappa shape index (κ2) is 5.62. The Labute approximate surface area is 122 Å². The Hall–Kier alpha value is -0.540. The quantitative estimate of drug-likeness (QED) is 0.843. The van der Waals surface area contributed by atoms with E-state index >= 15 is 0 Å². The number of benzene rings is 1. The third-order valence-electron chi connectivity index (χ3n) is 2.92. The first-order valence-electron chi connectivity index (χ1n) is 5.72. The molecule has 0 aliphatic heterocycles. The molecule has 0 radical (unpaired) electrons. The van der Waals surface area contributed by atoms with Gasteiger partial charge in [-0.05, 0) is 44.7 Å². The van der Waals surface area contributed by atoms with E-state index in [1.165, 1.54) is 15.3 Å². The van der Waals surface area contributed by atoms with Gasteiger partial charge in [0.05, 0.1) is 6.04 Å². The predicted molar refractivity (Wildman–Crippen MR) is 81.2 cm³/mol. The molecular formula is C14H15Cl2NS. The molecule has 0 aliphatic rings. The molecule has 1 aromatic carbocycles. The van der Waals surface area contributed by atoms with E-state index in [2.05, 4.69) is 25.2 Å². The van der Waals surface area contributed by atoms with Crippen molar-refractivity contribution in [3.63, 3.8) is 0 Å². The second-order valence-corrected chi connectivity index (χ2v) is 6.36. The molecule has 0 bridgehead atoms. The van der Waals surface area contributed by atoms with E-state index < -0.39 is 0 Å². The highest BCUT2D eigenvalue weighted by atomic mass is 35.5. The van der Waals surface area contributed by atoms with Gasteiger partial charge in [-0.15, -0.1) is 11.3 Å². The van der Waals surface area contributed by atoms with Gasteiger partial charge in [-0.2, -0.15) is 0 Å². The fourth-order valence-electron chi connectivity index (χ4n) is 2.14. The summed E-state index contributed by atoms with van der Waals surface area (Å²) < 4.78 is 0. The van der Waals surface area contributed by atoms with E-state index in [9.17, 15) is 0 Å². The summed E-state index contributed by atoms with van der Waals surface area (Å²) in [6.45, 7) is 4.23. The molecule has 0 spiro atoms. The summed E-state index contributed by atoms with van der Waals surface area (Å²) in [7, 11) is 1.93. The highest BCUT2D eigenvalue weighted by Gasteiger charge is 2.21. The largest absolute Gasteiger partial charge is 0.309 e. The standard InChI is InChI=1S/C14H15Cl2NS/c1-8-7-9(2)18-14(8)13(17-3)12-10(15)5-4-6-11(12)16/h4-7,13,17H,1-3H3. The lowest BCUT2D eigenvalue weighted by molar-refractivity contribution is 0.701. The smallest absolute Gasteiger partial charge is 0.0700 e. The van der Waals surface area contributed by atoms with Gasteiger partial charge in [0, 0.05) is 25.4 Å². The van der Waals surface area contributed by atoms with Crippen LogP contribution in [0.1, 0.15) is 26.9 Å². The van der Waals surface area contributed by atoms with Crippen LogP contribution in [-0.4, -0.2) is 7.05 Å². The van der Waals surface area contributed by atoms with E-state index in [1.54, 1.807) is 11.3 Å². The summed E-state index contributed by atoms with van der Waals surface area (Å²) in [6.07, 6.45) is 0. The Morgan fingerprint density at radius 3 is 2.22 bits per heavy atom. The van der Waals surface area contributed by atoms with Crippen LogP contribution in [-0.2, 0) is 0 Å². The van der Waals surface area contributed by atoms with Crippen LogP contribution in [0.4, 0.5) is 0 Å². The molecule has 1 atom stereocenters. The number of thiophene rings is 1. The second-order valence-electron chi connectivity index (χ2n) is 4.26. The first-order valence-corrected chi connectivity index (χ1v) is 7.30. The van der Waals surface area contributed by atoms with Crippen molar-refractivity contribution in [2.75, 3.05) is 7.05 Å². The van der Waals surface area contributed by atoms with Crippen molar-refractivity contribution in [1.29, 1.82) is 0 Å². The van der Waals surface area contributed by atoms with Crippen LogP contribution in [0.25, 0.3) is 0 Å². The van der Waals surface area contributed by atoms with Crippen molar-refractivity contribution in [2.45, 2.75) is 19.9 Å². The summed E-state index contributed by atoms with van der Waals surface area (Å²) in [6, 6.07) is 7.86. The summed E-state index contributed by atoms with van der Waals surface area (Å²) in [5, 5.41) is 4.71. The van der Waals surface area contributed by atoms with Crippen molar-refractivity contribution in [1.82, 2.24) is 5.32 Å². The summed E-state index contributed by atoms with van der Waals surface area (Å²) in [5.41, 5.74) is 2.22. The lowest BCUT2D eigenvalue weighted by Crippen LogP contribution is -2.18. The zero-order valence-corrected chi connectivity index (χ0v) is 12.9. The highest BCUT2D eigenvalue weighted by Crippen LogP contribution is 2.38. The maximum absolute atomic E-state index is 6.29. The van der Waals surface area contributed by atoms with Gasteiger partial charge in [0.1, 0.15) is 0 Å². The zero-order chi connectivity index (χ0) is 13.3. The molecule has 0 fully saturated rings. The molecule has 0 saturated carbocycles. The van der Waals surface area contributed by atoms with E-state index in [1.807, 2.05) is 25.2 Å². The van der Waals surface area contributed by atoms with Gasteiger partial charge in [-0.3, -0.25) is 0 Å². The molecule has 1 N–H and O–H groups in total. The monoisotopic (exact) mass is 299 g/mol. The lowest BCUT2D eigenvalue weighted by Gasteiger charge is -2.19. The van der Waals surface area contributed by atoms with E-state index in [-0.39, 0.29) is 6.04 Å². The number of halogens is 2. The summed E-state index contributed by atoms with van der Waals surface area (Å²) in [5.74, 6) is 0. The first kappa shape index (κ1) is 13.9. The molecule has 2 aromatic rings. The minimum Gasteiger partial charge on any atom is -0.309 e. The summed E-state index contributed by atoms with van der Waals surface area (Å²) in [4.78, 5) is 2.57. The molecule has 0 amide bonds. The van der Waals surface area contributed by atoms with Gasteiger partial charge in [0.25, 0.3) is 0 Å². The van der Waals surface area contributed by atoms with Gasteiger partial charge in [0.2, 0.25) is 0 Å². The van der Waals surface area contributed by atoms with Gasteiger partial charge in [0.15, 0.2) is 0 Å². The van der Waals surface area contributed by atoms with Crippen molar-refractivity contribution >= 4 is 34.5 Å². The van der Waals surface area contributed by atoms with E-state index in [4.69, 9.17) is 23.2 Å². The molecule has 2 rings (SSSR count). The van der Waals surface area contributed by atoms with Crippen molar-refractivity contribution in [3.8, 4) is 0 Å². The van der Waals surface area contributed by atoms with E-state index in [0.717, 1.165) is 5.56 Å². The Morgan fingerprint density at radius 2 is 1.78 bits per heavy atom. The van der Waals surface area contributed by atoms with Crippen LogP contribution in [0.15, 0.2) is 24.3 Å². The maximum atomic E-state index is 6.29. The van der Waals surface area contributed by atoms with Crippen LogP contribution in [0.5, 0.6) is 0 Å². The van der Waals surface area contributed by atoms with Crippen LogP contribution in [0.3, 0.4) is 0 Å². The molecule has 1 aromatic heterocycles. The molecule has 1 heterocycles. The fourth-order valence-corrected chi connectivity index (χ4v) is 3.91. The number of nitrogens with one attached hydrogen (secondary N) is 1. The average Bonchev–Trinajstić information content (AvgIpc) is 2.63. The Balaban J connectivity index is 2.55. The highest BCUT2D eigenvalue weighted by molar-refractivity contribution is 7.12. The topological polar surface area (TPSA) is 12.0 Å². The summed E-state index contributed by atoms with van der Waals surface area (Å²) >= 11 is 14.4. The zero-order valence-electron chi connectivity index (χ0n) is 10.6. The molecule has 1 nitrogen and oxygen atoms in total. The SMILES string of the molecule is CNC(c1sc(C)cc1C)c1c(Cl)cccc1Cl. The van der Waals surface area contributed by atoms with E-state index in [0.29, 0.717) is 10.0 Å². The molecule has 0 aliphatic carbocycles. The maximum Gasteiger partial charge on any atom is 0.0700 e. The molecule has 1 unspecified atom stereocenters. The van der Waals surface area contributed by atoms with Gasteiger partial charge in [-0.1, -0.05) is 29.3 Å². The number of rotatable bonds is 3. The van der Waals surface area contributed by atoms with Gasteiger partial charge >= 0.3 is 0 Å². The van der Waals surface area contributed by atoms with Crippen molar-refractivity contribution in [2.24, 2.45) is 0 Å². The van der Waals surface area contributed by atoms with Crippen LogP contribution < -0.4 is 5.32 Å². The minimum atomic E-state index is 0.0462. The van der Waals surface area contributed by atoms with Crippen LogP contribution in [0, 0.1) is 13.8 Å². The molecule has 18 heavy (non-hydrogen) atoms. The molecule has 96 valence electrons. The minimum absolute atomic E-state index is 0.0462.